The number of nitrogens with zero attached hydrogens (tertiary/aromatic N) is 1. The smallest absolute Gasteiger partial charge is 0.386 e. The Kier molecular flexibility index (Phi) is 3.87. The van der Waals surface area contributed by atoms with Crippen LogP contribution in [-0.2, 0) is 0 Å². The molecule has 2 unspecified atom stereocenters. The summed E-state index contributed by atoms with van der Waals surface area (Å²) in [6.45, 7) is 0.105. The SMILES string of the molecule is O=C(c1ccco1)[N+]1([O-])CCC(Oc2ccccc2)c2ccccc21. The summed E-state index contributed by atoms with van der Waals surface area (Å²) in [5.74, 6) is 0.230. The molecule has 3 aromatic rings. The minimum atomic E-state index is -1.06. The molecule has 0 aliphatic carbocycles. The van der Waals surface area contributed by atoms with Gasteiger partial charge in [0.2, 0.25) is 5.76 Å². The lowest BCUT2D eigenvalue weighted by atomic mass is 9.97. The van der Waals surface area contributed by atoms with E-state index in [1.807, 2.05) is 42.5 Å². The summed E-state index contributed by atoms with van der Waals surface area (Å²) in [4.78, 5) is 12.7. The Labute approximate surface area is 145 Å². The zero-order chi connectivity index (χ0) is 17.3. The van der Waals surface area contributed by atoms with Crippen LogP contribution in [0.2, 0.25) is 0 Å². The normalized spacial score (nSPS) is 22.2. The first kappa shape index (κ1) is 15.6. The van der Waals surface area contributed by atoms with Gasteiger partial charge in [0.15, 0.2) is 0 Å². The maximum atomic E-state index is 13.4. The number of carbonyl (C=O) groups excluding carboxylic acids is 1. The molecule has 5 nitrogen and oxygen atoms in total. The molecule has 0 saturated carbocycles. The van der Waals surface area contributed by atoms with Gasteiger partial charge in [-0.2, -0.15) is 0 Å². The van der Waals surface area contributed by atoms with E-state index in [4.69, 9.17) is 9.15 Å². The van der Waals surface area contributed by atoms with Crippen LogP contribution in [0.5, 0.6) is 5.75 Å². The molecule has 0 fully saturated rings. The largest absolute Gasteiger partial charge is 0.619 e. The van der Waals surface area contributed by atoms with Crippen molar-refractivity contribution >= 4 is 11.6 Å². The number of para-hydroxylation sites is 2. The Morgan fingerprint density at radius 3 is 2.56 bits per heavy atom. The van der Waals surface area contributed by atoms with Crippen LogP contribution in [0.15, 0.2) is 77.4 Å². The van der Waals surface area contributed by atoms with Gasteiger partial charge in [-0.3, -0.25) is 4.65 Å². The third-order valence-corrected chi connectivity index (χ3v) is 4.46. The summed E-state index contributed by atoms with van der Waals surface area (Å²) in [6, 6.07) is 19.8. The summed E-state index contributed by atoms with van der Waals surface area (Å²) in [6.07, 6.45) is 1.58. The molecular weight excluding hydrogens is 318 g/mol. The highest BCUT2D eigenvalue weighted by atomic mass is 16.6. The number of ether oxygens (including phenoxy) is 1. The molecule has 25 heavy (non-hydrogen) atoms. The molecular formula is C20H17NO4. The lowest BCUT2D eigenvalue weighted by Gasteiger charge is -2.44. The third-order valence-electron chi connectivity index (χ3n) is 4.46. The Balaban J connectivity index is 1.71. The molecule has 126 valence electrons. The lowest BCUT2D eigenvalue weighted by Crippen LogP contribution is -2.52. The van der Waals surface area contributed by atoms with Crippen LogP contribution < -0.4 is 9.38 Å². The Hall–Kier alpha value is -2.89. The summed E-state index contributed by atoms with van der Waals surface area (Å²) < 4.78 is 10.2. The van der Waals surface area contributed by atoms with Crippen LogP contribution >= 0.6 is 0 Å². The first-order chi connectivity index (χ1) is 12.2. The third kappa shape index (κ3) is 2.73. The van der Waals surface area contributed by atoms with Gasteiger partial charge in [0.1, 0.15) is 17.5 Å². The van der Waals surface area contributed by atoms with Gasteiger partial charge in [-0.1, -0.05) is 30.3 Å². The van der Waals surface area contributed by atoms with E-state index >= 15 is 0 Å². The highest BCUT2D eigenvalue weighted by Crippen LogP contribution is 2.41. The number of furan rings is 1. The molecule has 1 aliphatic heterocycles. The number of hydroxylamine groups is 2. The van der Waals surface area contributed by atoms with Crippen molar-refractivity contribution in [3.05, 3.63) is 89.5 Å². The van der Waals surface area contributed by atoms with Crippen LogP contribution in [0.1, 0.15) is 28.6 Å². The number of benzene rings is 2. The van der Waals surface area contributed by atoms with Crippen LogP contribution in [0, 0.1) is 5.21 Å². The number of quaternary nitrogens is 1. The molecule has 0 N–H and O–H groups in total. The van der Waals surface area contributed by atoms with E-state index in [0.717, 1.165) is 11.3 Å². The molecule has 0 bridgehead atoms. The number of rotatable bonds is 3. The molecule has 0 saturated heterocycles. The van der Waals surface area contributed by atoms with E-state index in [-0.39, 0.29) is 18.4 Å². The van der Waals surface area contributed by atoms with Crippen molar-refractivity contribution in [3.63, 3.8) is 0 Å². The summed E-state index contributed by atoms with van der Waals surface area (Å²) in [7, 11) is 0. The average Bonchev–Trinajstić information content (AvgIpc) is 3.19. The monoisotopic (exact) mass is 335 g/mol. The van der Waals surface area contributed by atoms with Gasteiger partial charge in [0.25, 0.3) is 0 Å². The van der Waals surface area contributed by atoms with Crippen molar-refractivity contribution in [2.45, 2.75) is 12.5 Å². The highest BCUT2D eigenvalue weighted by molar-refractivity contribution is 6.01. The van der Waals surface area contributed by atoms with Crippen molar-refractivity contribution in [2.75, 3.05) is 6.54 Å². The highest BCUT2D eigenvalue weighted by Gasteiger charge is 2.41. The van der Waals surface area contributed by atoms with Gasteiger partial charge in [-0.15, -0.1) is 0 Å². The van der Waals surface area contributed by atoms with E-state index in [9.17, 15) is 10.0 Å². The van der Waals surface area contributed by atoms with Gasteiger partial charge in [-0.05, 0) is 30.3 Å². The molecule has 5 heteroatoms. The molecule has 1 amide bonds. The fourth-order valence-corrected chi connectivity index (χ4v) is 3.24. The van der Waals surface area contributed by atoms with Crippen molar-refractivity contribution in [2.24, 2.45) is 0 Å². The minimum absolute atomic E-state index is 0.0761. The molecule has 0 spiro atoms. The molecule has 2 aromatic carbocycles. The van der Waals surface area contributed by atoms with E-state index in [1.54, 1.807) is 18.2 Å². The van der Waals surface area contributed by atoms with Gasteiger partial charge in [0.05, 0.1) is 18.4 Å². The predicted molar refractivity (Wildman–Crippen MR) is 93.9 cm³/mol. The minimum Gasteiger partial charge on any atom is -0.619 e. The number of fused-ring (bicyclic) bond motifs is 1. The van der Waals surface area contributed by atoms with Crippen molar-refractivity contribution in [1.82, 2.24) is 4.65 Å². The summed E-state index contributed by atoms with van der Waals surface area (Å²) in [5, 5.41) is 13.4. The first-order valence-corrected chi connectivity index (χ1v) is 8.17. The Morgan fingerprint density at radius 1 is 1.04 bits per heavy atom. The van der Waals surface area contributed by atoms with Crippen LogP contribution in [0.25, 0.3) is 0 Å². The average molecular weight is 335 g/mol. The molecule has 1 aliphatic rings. The second kappa shape index (κ2) is 6.20. The van der Waals surface area contributed by atoms with Crippen molar-refractivity contribution < 1.29 is 13.9 Å². The fourth-order valence-electron chi connectivity index (χ4n) is 3.24. The maximum Gasteiger partial charge on any atom is 0.386 e. The standard InChI is InChI=1S/C20H17NO4/c22-20(19-11-6-14-24-19)21(23)13-12-18(16-9-4-5-10-17(16)21)25-15-7-2-1-3-8-15/h1-11,14,18H,12-13H2. The van der Waals surface area contributed by atoms with Gasteiger partial charge in [-0.25, -0.2) is 4.79 Å². The van der Waals surface area contributed by atoms with Crippen LogP contribution in [0.3, 0.4) is 0 Å². The fraction of sp³-hybridized carbons (Fsp3) is 0.150. The van der Waals surface area contributed by atoms with Gasteiger partial charge >= 0.3 is 5.91 Å². The molecule has 1 aromatic heterocycles. The zero-order valence-electron chi connectivity index (χ0n) is 13.5. The number of carbonyl (C=O) groups is 1. The Morgan fingerprint density at radius 2 is 1.80 bits per heavy atom. The predicted octanol–water partition coefficient (Wildman–Crippen LogP) is 4.45. The summed E-state index contributed by atoms with van der Waals surface area (Å²) >= 11 is 0. The molecule has 2 atom stereocenters. The van der Waals surface area contributed by atoms with E-state index in [0.29, 0.717) is 12.1 Å². The lowest BCUT2D eigenvalue weighted by molar-refractivity contribution is 0.0747. The molecule has 0 radical (unpaired) electrons. The number of hydrogen-bond acceptors (Lipinski definition) is 4. The molecule has 4 rings (SSSR count). The topological polar surface area (TPSA) is 62.5 Å². The van der Waals surface area contributed by atoms with Gasteiger partial charge < -0.3 is 14.4 Å². The van der Waals surface area contributed by atoms with E-state index in [2.05, 4.69) is 0 Å². The molecule has 2 heterocycles. The van der Waals surface area contributed by atoms with Crippen molar-refractivity contribution in [3.8, 4) is 5.75 Å². The quantitative estimate of drug-likeness (QED) is 0.524. The van der Waals surface area contributed by atoms with E-state index < -0.39 is 10.6 Å². The van der Waals surface area contributed by atoms with E-state index in [1.165, 1.54) is 12.3 Å². The van der Waals surface area contributed by atoms with Crippen LogP contribution in [0.4, 0.5) is 5.69 Å². The van der Waals surface area contributed by atoms with Gasteiger partial charge in [0, 0.05) is 12.5 Å². The number of amides is 1. The maximum absolute atomic E-state index is 13.4. The summed E-state index contributed by atoms with van der Waals surface area (Å²) in [5.41, 5.74) is 1.16. The number of hydrogen-bond donors (Lipinski definition) is 0. The first-order valence-electron chi connectivity index (χ1n) is 8.17. The zero-order valence-corrected chi connectivity index (χ0v) is 13.5. The second-order valence-electron chi connectivity index (χ2n) is 6.01. The second-order valence-corrected chi connectivity index (χ2v) is 6.01. The van der Waals surface area contributed by atoms with Crippen molar-refractivity contribution in [1.29, 1.82) is 0 Å². The van der Waals surface area contributed by atoms with Crippen LogP contribution in [-0.4, -0.2) is 12.5 Å². The Bertz CT molecular complexity index is 876.